The number of halogens is 1. The van der Waals surface area contributed by atoms with Crippen molar-refractivity contribution in [2.75, 3.05) is 45.7 Å². The van der Waals surface area contributed by atoms with Crippen molar-refractivity contribution in [3.63, 3.8) is 0 Å². The summed E-state index contributed by atoms with van der Waals surface area (Å²) in [4.78, 5) is 4.75. The number of thioether (sulfide) groups is 1. The monoisotopic (exact) mass is 457 g/mol. The molecule has 2 N–H and O–H groups in total. The van der Waals surface area contributed by atoms with Crippen LogP contribution in [0, 0.1) is 0 Å². The van der Waals surface area contributed by atoms with Crippen LogP contribution in [-0.4, -0.2) is 62.0 Å². The lowest BCUT2D eigenvalue weighted by atomic mass is 9.99. The highest BCUT2D eigenvalue weighted by atomic mass is 127. The Kier molecular flexibility index (Phi) is 9.55. The summed E-state index contributed by atoms with van der Waals surface area (Å²) in [6.07, 6.45) is 6.64. The molecule has 0 radical (unpaired) electrons. The lowest BCUT2D eigenvalue weighted by Gasteiger charge is -2.36. The molecule has 2 heterocycles. The largest absolute Gasteiger partial charge is 0.381 e. The molecule has 5 nitrogen and oxygen atoms in total. The van der Waals surface area contributed by atoms with Crippen molar-refractivity contribution in [3.05, 3.63) is 0 Å². The number of guanidine groups is 1. The average Bonchev–Trinajstić information content (AvgIpc) is 2.98. The summed E-state index contributed by atoms with van der Waals surface area (Å²) in [6, 6.07) is 0. The molecule has 0 aromatic rings. The van der Waals surface area contributed by atoms with E-state index < -0.39 is 0 Å². The van der Waals surface area contributed by atoms with Crippen LogP contribution in [0.4, 0.5) is 0 Å². The van der Waals surface area contributed by atoms with Crippen molar-refractivity contribution in [3.8, 4) is 0 Å². The molecule has 0 aromatic carbocycles. The van der Waals surface area contributed by atoms with Gasteiger partial charge in [-0.3, -0.25) is 4.99 Å². The van der Waals surface area contributed by atoms with Crippen LogP contribution in [0.15, 0.2) is 4.99 Å². The highest BCUT2D eigenvalue weighted by Gasteiger charge is 2.32. The summed E-state index contributed by atoms with van der Waals surface area (Å²) in [5, 5.41) is 6.88. The van der Waals surface area contributed by atoms with Crippen LogP contribution in [0.5, 0.6) is 0 Å². The van der Waals surface area contributed by atoms with E-state index >= 15 is 0 Å². The van der Waals surface area contributed by atoms with Gasteiger partial charge in [0, 0.05) is 37.7 Å². The maximum atomic E-state index is 5.82. The van der Waals surface area contributed by atoms with E-state index in [1.54, 1.807) is 0 Å². The van der Waals surface area contributed by atoms with Crippen molar-refractivity contribution in [2.24, 2.45) is 4.99 Å². The molecule has 0 aliphatic carbocycles. The first-order valence-electron chi connectivity index (χ1n) is 8.40. The zero-order valence-corrected chi connectivity index (χ0v) is 17.8. The maximum absolute atomic E-state index is 5.82. The fourth-order valence-corrected chi connectivity index (χ4v) is 3.78. The van der Waals surface area contributed by atoms with E-state index in [4.69, 9.17) is 14.5 Å². The molecule has 0 spiro atoms. The average molecular weight is 457 g/mol. The molecule has 2 fully saturated rings. The van der Waals surface area contributed by atoms with Crippen LogP contribution in [0.25, 0.3) is 0 Å². The zero-order valence-electron chi connectivity index (χ0n) is 14.7. The fourth-order valence-electron chi connectivity index (χ4n) is 2.99. The van der Waals surface area contributed by atoms with Gasteiger partial charge in [0.25, 0.3) is 0 Å². The Balaban J connectivity index is 0.00000264. The van der Waals surface area contributed by atoms with E-state index in [2.05, 4.69) is 30.7 Å². The number of hydrogen-bond acceptors (Lipinski definition) is 4. The van der Waals surface area contributed by atoms with Crippen LogP contribution in [-0.2, 0) is 9.47 Å². The molecule has 1 unspecified atom stereocenters. The Labute approximate surface area is 162 Å². The van der Waals surface area contributed by atoms with Gasteiger partial charge in [0.15, 0.2) is 5.96 Å². The SMILES string of the molecule is CCNC(=NCC1(C)CCCO1)NCC1(SC)CCOCC1.I. The molecule has 1 atom stereocenters. The minimum atomic E-state index is -0.0851. The number of ether oxygens (including phenoxy) is 2. The Bertz CT molecular complexity index is 370. The second-order valence-electron chi connectivity index (χ2n) is 6.45. The van der Waals surface area contributed by atoms with Gasteiger partial charge in [0.1, 0.15) is 0 Å². The molecular weight excluding hydrogens is 425 g/mol. The predicted octanol–water partition coefficient (Wildman–Crippen LogP) is 2.64. The molecule has 136 valence electrons. The minimum Gasteiger partial charge on any atom is -0.381 e. The van der Waals surface area contributed by atoms with Gasteiger partial charge in [-0.2, -0.15) is 11.8 Å². The summed E-state index contributed by atoms with van der Waals surface area (Å²) in [5.41, 5.74) is -0.0851. The van der Waals surface area contributed by atoms with Crippen molar-refractivity contribution in [1.29, 1.82) is 0 Å². The first kappa shape index (κ1) is 21.3. The van der Waals surface area contributed by atoms with Crippen molar-refractivity contribution >= 4 is 41.7 Å². The third-order valence-electron chi connectivity index (χ3n) is 4.63. The van der Waals surface area contributed by atoms with E-state index in [0.29, 0.717) is 0 Å². The Morgan fingerprint density at radius 3 is 2.48 bits per heavy atom. The number of rotatable bonds is 6. The lowest BCUT2D eigenvalue weighted by Crippen LogP contribution is -2.48. The van der Waals surface area contributed by atoms with E-state index in [-0.39, 0.29) is 34.3 Å². The summed E-state index contributed by atoms with van der Waals surface area (Å²) >= 11 is 1.95. The molecule has 0 saturated carbocycles. The highest BCUT2D eigenvalue weighted by molar-refractivity contribution is 14.0. The third kappa shape index (κ3) is 6.59. The lowest BCUT2D eigenvalue weighted by molar-refractivity contribution is 0.0283. The molecule has 7 heteroatoms. The van der Waals surface area contributed by atoms with E-state index in [1.807, 2.05) is 11.8 Å². The molecule has 2 aliphatic rings. The number of aliphatic imine (C=N–C) groups is 1. The first-order valence-corrected chi connectivity index (χ1v) is 9.63. The minimum absolute atomic E-state index is 0. The molecule has 2 saturated heterocycles. The third-order valence-corrected chi connectivity index (χ3v) is 6.05. The van der Waals surface area contributed by atoms with Gasteiger partial charge >= 0.3 is 0 Å². The van der Waals surface area contributed by atoms with Crippen LogP contribution in [0.1, 0.15) is 39.5 Å². The second kappa shape index (κ2) is 10.3. The Hall–Kier alpha value is 0.270. The van der Waals surface area contributed by atoms with Crippen LogP contribution in [0.3, 0.4) is 0 Å². The highest BCUT2D eigenvalue weighted by Crippen LogP contribution is 2.33. The smallest absolute Gasteiger partial charge is 0.191 e. The summed E-state index contributed by atoms with van der Waals surface area (Å²) in [5.74, 6) is 0.902. The van der Waals surface area contributed by atoms with Crippen LogP contribution >= 0.6 is 35.7 Å². The van der Waals surface area contributed by atoms with Gasteiger partial charge in [0.2, 0.25) is 0 Å². The predicted molar refractivity (Wildman–Crippen MR) is 109 cm³/mol. The molecule has 23 heavy (non-hydrogen) atoms. The van der Waals surface area contributed by atoms with Gasteiger partial charge in [-0.1, -0.05) is 0 Å². The van der Waals surface area contributed by atoms with Crippen molar-refractivity contribution < 1.29 is 9.47 Å². The molecule has 0 amide bonds. The summed E-state index contributed by atoms with van der Waals surface area (Å²) in [6.45, 7) is 9.38. The number of nitrogens with one attached hydrogen (secondary N) is 2. The summed E-state index contributed by atoms with van der Waals surface area (Å²) < 4.78 is 11.6. The molecule has 0 aromatic heterocycles. The molecule has 0 bridgehead atoms. The van der Waals surface area contributed by atoms with Gasteiger partial charge in [-0.05, 0) is 45.8 Å². The van der Waals surface area contributed by atoms with E-state index in [1.165, 1.54) is 0 Å². The Morgan fingerprint density at radius 2 is 1.91 bits per heavy atom. The van der Waals surface area contributed by atoms with Gasteiger partial charge in [0.05, 0.1) is 12.1 Å². The summed E-state index contributed by atoms with van der Waals surface area (Å²) in [7, 11) is 0. The van der Waals surface area contributed by atoms with E-state index in [0.717, 1.165) is 71.1 Å². The van der Waals surface area contributed by atoms with Gasteiger partial charge in [-0.15, -0.1) is 24.0 Å². The quantitative estimate of drug-likeness (QED) is 0.365. The zero-order chi connectivity index (χ0) is 15.9. The number of nitrogens with zero attached hydrogens (tertiary/aromatic N) is 1. The maximum Gasteiger partial charge on any atom is 0.191 e. The fraction of sp³-hybridized carbons (Fsp3) is 0.938. The van der Waals surface area contributed by atoms with Gasteiger partial charge < -0.3 is 20.1 Å². The second-order valence-corrected chi connectivity index (χ2v) is 7.72. The molecule has 2 rings (SSSR count). The van der Waals surface area contributed by atoms with Crippen LogP contribution in [0.2, 0.25) is 0 Å². The first-order chi connectivity index (χ1) is 10.6. The van der Waals surface area contributed by atoms with Crippen LogP contribution < -0.4 is 10.6 Å². The van der Waals surface area contributed by atoms with Crippen molar-refractivity contribution in [2.45, 2.75) is 49.9 Å². The topological polar surface area (TPSA) is 54.9 Å². The van der Waals surface area contributed by atoms with Crippen molar-refractivity contribution in [1.82, 2.24) is 10.6 Å². The molecule has 2 aliphatic heterocycles. The van der Waals surface area contributed by atoms with Gasteiger partial charge in [-0.25, -0.2) is 0 Å². The molecular formula is C16H32IN3O2S. The number of hydrogen-bond donors (Lipinski definition) is 2. The van der Waals surface area contributed by atoms with E-state index in [9.17, 15) is 0 Å². The Morgan fingerprint density at radius 1 is 1.17 bits per heavy atom. The normalized spacial score (nSPS) is 27.3. The standard InChI is InChI=1S/C16H31N3O2S.HI/c1-4-17-14(18-12-15(2)6-5-9-21-15)19-13-16(22-3)7-10-20-11-8-16;/h4-13H2,1-3H3,(H2,17,18,19);1H.